The fourth-order valence-electron chi connectivity index (χ4n) is 2.12. The summed E-state index contributed by atoms with van der Waals surface area (Å²) in [6.45, 7) is 2.12. The summed E-state index contributed by atoms with van der Waals surface area (Å²) in [7, 11) is 0. The SMILES string of the molecule is CCCCCCc1cc(C#N)c(C#N)c(C#N)c1C#N. The van der Waals surface area contributed by atoms with E-state index in [1.807, 2.05) is 24.3 Å². The van der Waals surface area contributed by atoms with Crippen LogP contribution in [0, 0.1) is 45.3 Å². The highest BCUT2D eigenvalue weighted by atomic mass is 14.3. The predicted molar refractivity (Wildman–Crippen MR) is 73.1 cm³/mol. The van der Waals surface area contributed by atoms with Crippen molar-refractivity contribution in [3.05, 3.63) is 33.9 Å². The Kier molecular flexibility index (Phi) is 5.77. The highest BCUT2D eigenvalue weighted by Crippen LogP contribution is 2.23. The minimum Gasteiger partial charge on any atom is -0.192 e. The molecule has 0 aliphatic rings. The van der Waals surface area contributed by atoms with Gasteiger partial charge in [-0.25, -0.2) is 0 Å². The lowest BCUT2D eigenvalue weighted by Crippen LogP contribution is -2.01. The Labute approximate surface area is 119 Å². The highest BCUT2D eigenvalue weighted by molar-refractivity contribution is 5.64. The first-order valence-electron chi connectivity index (χ1n) is 6.53. The van der Waals surface area contributed by atoms with Gasteiger partial charge in [-0.1, -0.05) is 26.2 Å². The van der Waals surface area contributed by atoms with Gasteiger partial charge in [0.2, 0.25) is 0 Å². The minimum atomic E-state index is 0.00357. The van der Waals surface area contributed by atoms with Gasteiger partial charge in [0.25, 0.3) is 0 Å². The molecule has 0 N–H and O–H groups in total. The molecule has 0 aromatic heterocycles. The molecule has 0 fully saturated rings. The van der Waals surface area contributed by atoms with E-state index in [4.69, 9.17) is 15.8 Å². The van der Waals surface area contributed by atoms with Crippen LogP contribution in [0.5, 0.6) is 0 Å². The number of aryl methyl sites for hydroxylation is 1. The molecule has 0 saturated carbocycles. The highest BCUT2D eigenvalue weighted by Gasteiger charge is 2.17. The average Bonchev–Trinajstić information content (AvgIpc) is 2.49. The quantitative estimate of drug-likeness (QED) is 0.760. The smallest absolute Gasteiger partial charge is 0.102 e. The van der Waals surface area contributed by atoms with Gasteiger partial charge in [0.05, 0.1) is 22.3 Å². The van der Waals surface area contributed by atoms with Crippen LogP contribution in [0.25, 0.3) is 0 Å². The molecule has 1 aromatic rings. The lowest BCUT2D eigenvalue weighted by molar-refractivity contribution is 0.666. The summed E-state index contributed by atoms with van der Waals surface area (Å²) in [5.41, 5.74) is 1.13. The van der Waals surface area contributed by atoms with Crippen molar-refractivity contribution < 1.29 is 0 Å². The van der Waals surface area contributed by atoms with E-state index < -0.39 is 0 Å². The number of nitriles is 4. The van der Waals surface area contributed by atoms with Crippen molar-refractivity contribution in [3.63, 3.8) is 0 Å². The van der Waals surface area contributed by atoms with Gasteiger partial charge in [-0.3, -0.25) is 0 Å². The fraction of sp³-hybridized carbons (Fsp3) is 0.375. The van der Waals surface area contributed by atoms with Crippen LogP contribution in [0.2, 0.25) is 0 Å². The number of hydrogen-bond acceptors (Lipinski definition) is 4. The molecule has 4 heteroatoms. The maximum absolute atomic E-state index is 9.22. The van der Waals surface area contributed by atoms with Crippen LogP contribution >= 0.6 is 0 Å². The van der Waals surface area contributed by atoms with Crippen LogP contribution in [-0.2, 0) is 6.42 Å². The van der Waals surface area contributed by atoms with Crippen molar-refractivity contribution in [1.29, 1.82) is 21.0 Å². The molecule has 0 bridgehead atoms. The molecule has 0 amide bonds. The van der Waals surface area contributed by atoms with Gasteiger partial charge < -0.3 is 0 Å². The molecule has 0 atom stereocenters. The van der Waals surface area contributed by atoms with E-state index in [1.165, 1.54) is 0 Å². The van der Waals surface area contributed by atoms with Gasteiger partial charge in [-0.2, -0.15) is 21.0 Å². The van der Waals surface area contributed by atoms with Crippen LogP contribution in [0.1, 0.15) is 60.4 Å². The molecule has 1 rings (SSSR count). The third-order valence-corrected chi connectivity index (χ3v) is 3.16. The maximum atomic E-state index is 9.22. The van der Waals surface area contributed by atoms with Crippen molar-refractivity contribution in [2.45, 2.75) is 39.0 Å². The zero-order valence-electron chi connectivity index (χ0n) is 11.4. The van der Waals surface area contributed by atoms with Gasteiger partial charge in [-0.05, 0) is 24.5 Å². The Morgan fingerprint density at radius 3 is 1.95 bits per heavy atom. The molecule has 0 spiro atoms. The summed E-state index contributed by atoms with van der Waals surface area (Å²) < 4.78 is 0. The molecule has 0 aliphatic heterocycles. The third kappa shape index (κ3) is 3.14. The van der Waals surface area contributed by atoms with E-state index in [-0.39, 0.29) is 22.3 Å². The van der Waals surface area contributed by atoms with Crippen molar-refractivity contribution in [2.24, 2.45) is 0 Å². The van der Waals surface area contributed by atoms with Crippen LogP contribution in [0.3, 0.4) is 0 Å². The number of rotatable bonds is 5. The third-order valence-electron chi connectivity index (χ3n) is 3.16. The average molecular weight is 262 g/mol. The topological polar surface area (TPSA) is 95.2 Å². The molecule has 0 heterocycles. The first kappa shape index (κ1) is 15.2. The summed E-state index contributed by atoms with van der Waals surface area (Å²) in [4.78, 5) is 0. The zero-order valence-corrected chi connectivity index (χ0v) is 11.4. The summed E-state index contributed by atoms with van der Waals surface area (Å²) in [5, 5.41) is 36.5. The number of unbranched alkanes of at least 4 members (excludes halogenated alkanes) is 3. The van der Waals surface area contributed by atoms with Crippen molar-refractivity contribution in [2.75, 3.05) is 0 Å². The molecule has 0 saturated heterocycles. The van der Waals surface area contributed by atoms with Gasteiger partial charge in [0.15, 0.2) is 0 Å². The zero-order chi connectivity index (χ0) is 15.0. The number of nitrogens with zero attached hydrogens (tertiary/aromatic N) is 4. The second kappa shape index (κ2) is 7.58. The monoisotopic (exact) mass is 262 g/mol. The Hall–Kier alpha value is -2.82. The summed E-state index contributed by atoms with van der Waals surface area (Å²) in [6, 6.07) is 9.24. The first-order valence-corrected chi connectivity index (χ1v) is 6.53. The predicted octanol–water partition coefficient (Wildman–Crippen LogP) is 3.30. The fourth-order valence-corrected chi connectivity index (χ4v) is 2.12. The molecule has 20 heavy (non-hydrogen) atoms. The second-order valence-electron chi connectivity index (χ2n) is 4.47. The van der Waals surface area contributed by atoms with Gasteiger partial charge in [0, 0.05) is 0 Å². The van der Waals surface area contributed by atoms with Crippen molar-refractivity contribution in [3.8, 4) is 24.3 Å². The number of hydrogen-bond donors (Lipinski definition) is 0. The lowest BCUT2D eigenvalue weighted by atomic mass is 9.91. The molecular formula is C16H14N4. The second-order valence-corrected chi connectivity index (χ2v) is 4.47. The van der Waals surface area contributed by atoms with Crippen molar-refractivity contribution in [1.82, 2.24) is 0 Å². The molecule has 98 valence electrons. The largest absolute Gasteiger partial charge is 0.192 e. The Morgan fingerprint density at radius 1 is 0.800 bits per heavy atom. The summed E-state index contributed by atoms with van der Waals surface area (Å²) in [6.07, 6.45) is 4.84. The van der Waals surface area contributed by atoms with Gasteiger partial charge >= 0.3 is 0 Å². The van der Waals surface area contributed by atoms with Crippen LogP contribution in [0.4, 0.5) is 0 Å². The Bertz CT molecular complexity index is 660. The lowest BCUT2D eigenvalue weighted by Gasteiger charge is -2.08. The normalized spacial score (nSPS) is 9.05. The van der Waals surface area contributed by atoms with E-state index in [1.54, 1.807) is 6.07 Å². The Morgan fingerprint density at radius 2 is 1.45 bits per heavy atom. The van der Waals surface area contributed by atoms with E-state index >= 15 is 0 Å². The Balaban J connectivity index is 3.26. The van der Waals surface area contributed by atoms with Crippen molar-refractivity contribution >= 4 is 0 Å². The van der Waals surface area contributed by atoms with E-state index in [0.29, 0.717) is 12.0 Å². The summed E-state index contributed by atoms with van der Waals surface area (Å²) in [5.74, 6) is 0. The minimum absolute atomic E-state index is 0.00357. The standard InChI is InChI=1S/C16H14N4/c1-2-3-4-5-6-12-7-13(8-17)15(10-19)16(11-20)14(12)9-18/h7H,2-6H2,1H3. The molecule has 4 nitrogen and oxygen atoms in total. The molecule has 0 unspecified atom stereocenters. The van der Waals surface area contributed by atoms with Crippen LogP contribution in [0.15, 0.2) is 6.07 Å². The maximum Gasteiger partial charge on any atom is 0.102 e. The summed E-state index contributed by atoms with van der Waals surface area (Å²) >= 11 is 0. The van der Waals surface area contributed by atoms with Gasteiger partial charge in [0.1, 0.15) is 24.3 Å². The number of benzene rings is 1. The van der Waals surface area contributed by atoms with E-state index in [2.05, 4.69) is 6.92 Å². The van der Waals surface area contributed by atoms with Crippen LogP contribution in [-0.4, -0.2) is 0 Å². The van der Waals surface area contributed by atoms with E-state index in [0.717, 1.165) is 25.7 Å². The first-order chi connectivity index (χ1) is 9.73. The van der Waals surface area contributed by atoms with Gasteiger partial charge in [-0.15, -0.1) is 0 Å². The van der Waals surface area contributed by atoms with E-state index in [9.17, 15) is 5.26 Å². The molecule has 1 aromatic carbocycles. The molecular weight excluding hydrogens is 248 g/mol. The van der Waals surface area contributed by atoms with Crippen LogP contribution < -0.4 is 0 Å². The molecule has 0 aliphatic carbocycles. The molecule has 0 radical (unpaired) electrons.